The van der Waals surface area contributed by atoms with Crippen molar-refractivity contribution in [2.75, 3.05) is 0 Å². The van der Waals surface area contributed by atoms with Gasteiger partial charge in [0.1, 0.15) is 5.69 Å². The highest BCUT2D eigenvalue weighted by Crippen LogP contribution is 2.34. The van der Waals surface area contributed by atoms with Gasteiger partial charge in [0.25, 0.3) is 0 Å². The predicted octanol–water partition coefficient (Wildman–Crippen LogP) is 2.82. The fourth-order valence-electron chi connectivity index (χ4n) is 1.01. The molecule has 17 heavy (non-hydrogen) atoms. The second-order valence-corrected chi connectivity index (χ2v) is 2.89. The maximum Gasteiger partial charge on any atom is 0.433 e. The van der Waals surface area contributed by atoms with Crippen molar-refractivity contribution in [1.29, 1.82) is 0 Å². The minimum atomic E-state index is -5.08. The summed E-state index contributed by atoms with van der Waals surface area (Å²) < 4.78 is 73.1. The Morgan fingerprint density at radius 1 is 1.06 bits per heavy atom. The molecule has 1 heterocycles. The van der Waals surface area contributed by atoms with E-state index in [1.807, 2.05) is 0 Å². The summed E-state index contributed by atoms with van der Waals surface area (Å²) in [5.41, 5.74) is -5.09. The van der Waals surface area contributed by atoms with Crippen molar-refractivity contribution in [3.63, 3.8) is 0 Å². The molecule has 94 valence electrons. The van der Waals surface area contributed by atoms with Crippen LogP contribution in [0.2, 0.25) is 0 Å². The Labute approximate surface area is 89.7 Å². The lowest BCUT2D eigenvalue weighted by Crippen LogP contribution is -2.18. The summed E-state index contributed by atoms with van der Waals surface area (Å²) in [7, 11) is 0. The Bertz CT molecular complexity index is 450. The molecule has 0 aliphatic heterocycles. The van der Waals surface area contributed by atoms with E-state index in [9.17, 15) is 31.1 Å². The van der Waals surface area contributed by atoms with Crippen LogP contribution in [-0.2, 0) is 12.4 Å². The van der Waals surface area contributed by atoms with E-state index in [1.54, 1.807) is 0 Å². The van der Waals surface area contributed by atoms with Crippen LogP contribution in [0.3, 0.4) is 0 Å². The number of pyridine rings is 1. The number of hydrogen-bond donors (Lipinski definition) is 1. The molecule has 0 aromatic carbocycles. The number of carboxylic acids is 1. The molecule has 0 atom stereocenters. The lowest BCUT2D eigenvalue weighted by atomic mass is 10.1. The minimum absolute atomic E-state index is 0.0409. The zero-order chi connectivity index (χ0) is 13.4. The topological polar surface area (TPSA) is 50.2 Å². The largest absolute Gasteiger partial charge is 0.476 e. The Kier molecular flexibility index (Phi) is 3.04. The lowest BCUT2D eigenvalue weighted by Gasteiger charge is -2.12. The number of halogens is 6. The predicted molar refractivity (Wildman–Crippen MR) is 41.2 cm³/mol. The van der Waals surface area contributed by atoms with Crippen molar-refractivity contribution < 1.29 is 36.2 Å². The Morgan fingerprint density at radius 3 is 1.94 bits per heavy atom. The maximum absolute atomic E-state index is 12.3. The molecule has 3 nitrogen and oxygen atoms in total. The van der Waals surface area contributed by atoms with Gasteiger partial charge in [-0.3, -0.25) is 0 Å². The third-order valence-electron chi connectivity index (χ3n) is 1.69. The number of aromatic nitrogens is 1. The van der Waals surface area contributed by atoms with Crippen LogP contribution in [0.1, 0.15) is 21.7 Å². The van der Waals surface area contributed by atoms with Crippen molar-refractivity contribution in [2.24, 2.45) is 0 Å². The first-order valence-corrected chi connectivity index (χ1v) is 3.92. The van der Waals surface area contributed by atoms with E-state index in [0.29, 0.717) is 0 Å². The standard InChI is InChI=1S/C8H3F6NO2/c9-7(10,11)3-1-2-4(8(12,13)14)15-5(3)6(16)17/h1-2H,(H,16,17). The van der Waals surface area contributed by atoms with Crippen molar-refractivity contribution >= 4 is 5.97 Å². The van der Waals surface area contributed by atoms with Gasteiger partial charge >= 0.3 is 18.3 Å². The van der Waals surface area contributed by atoms with Crippen LogP contribution in [0.4, 0.5) is 26.3 Å². The number of rotatable bonds is 1. The fourth-order valence-corrected chi connectivity index (χ4v) is 1.01. The average molecular weight is 259 g/mol. The molecule has 0 saturated heterocycles. The van der Waals surface area contributed by atoms with Gasteiger partial charge in [0.2, 0.25) is 0 Å². The normalized spacial score (nSPS) is 12.6. The molecule has 0 spiro atoms. The Balaban J connectivity index is 3.43. The summed E-state index contributed by atoms with van der Waals surface area (Å²) in [4.78, 5) is 12.9. The molecular formula is C8H3F6NO2. The molecular weight excluding hydrogens is 256 g/mol. The summed E-state index contributed by atoms with van der Waals surface area (Å²) in [5.74, 6) is -2.18. The van der Waals surface area contributed by atoms with Crippen LogP contribution in [0.15, 0.2) is 12.1 Å². The van der Waals surface area contributed by atoms with Gasteiger partial charge in [-0.05, 0) is 12.1 Å². The zero-order valence-electron chi connectivity index (χ0n) is 7.73. The quantitative estimate of drug-likeness (QED) is 0.789. The number of carboxylic acid groups (broad SMARTS) is 1. The average Bonchev–Trinajstić information content (AvgIpc) is 2.14. The van der Waals surface area contributed by atoms with Gasteiger partial charge in [0.15, 0.2) is 5.69 Å². The van der Waals surface area contributed by atoms with E-state index in [2.05, 4.69) is 4.98 Å². The molecule has 0 amide bonds. The summed E-state index contributed by atoms with van der Waals surface area (Å²) in [6.07, 6.45) is -10.1. The van der Waals surface area contributed by atoms with Crippen molar-refractivity contribution in [1.82, 2.24) is 4.98 Å². The molecule has 0 unspecified atom stereocenters. The molecule has 1 aromatic rings. The van der Waals surface area contributed by atoms with Crippen LogP contribution >= 0.6 is 0 Å². The van der Waals surface area contributed by atoms with E-state index < -0.39 is 35.3 Å². The Morgan fingerprint density at radius 2 is 1.59 bits per heavy atom. The molecule has 1 N–H and O–H groups in total. The van der Waals surface area contributed by atoms with E-state index in [-0.39, 0.29) is 12.1 Å². The first kappa shape index (κ1) is 13.3. The number of aromatic carboxylic acids is 1. The molecule has 0 aliphatic carbocycles. The van der Waals surface area contributed by atoms with Gasteiger partial charge in [0.05, 0.1) is 5.56 Å². The fraction of sp³-hybridized carbons (Fsp3) is 0.250. The van der Waals surface area contributed by atoms with E-state index >= 15 is 0 Å². The van der Waals surface area contributed by atoms with E-state index in [4.69, 9.17) is 5.11 Å². The van der Waals surface area contributed by atoms with Gasteiger partial charge in [-0.2, -0.15) is 26.3 Å². The number of alkyl halides is 6. The van der Waals surface area contributed by atoms with Gasteiger partial charge in [-0.15, -0.1) is 0 Å². The van der Waals surface area contributed by atoms with Crippen LogP contribution in [0.25, 0.3) is 0 Å². The Hall–Kier alpha value is -1.80. The number of hydrogen-bond acceptors (Lipinski definition) is 2. The summed E-state index contributed by atoms with van der Waals surface area (Å²) >= 11 is 0. The summed E-state index contributed by atoms with van der Waals surface area (Å²) in [6.45, 7) is 0. The highest BCUT2D eigenvalue weighted by Gasteiger charge is 2.40. The van der Waals surface area contributed by atoms with Gasteiger partial charge in [0, 0.05) is 0 Å². The summed E-state index contributed by atoms with van der Waals surface area (Å²) in [5, 5.41) is 8.39. The molecule has 0 aliphatic rings. The first-order chi connectivity index (χ1) is 7.53. The molecule has 0 saturated carbocycles. The van der Waals surface area contributed by atoms with Crippen LogP contribution in [-0.4, -0.2) is 16.1 Å². The van der Waals surface area contributed by atoms with Crippen LogP contribution in [0.5, 0.6) is 0 Å². The zero-order valence-corrected chi connectivity index (χ0v) is 7.73. The number of nitrogens with zero attached hydrogens (tertiary/aromatic N) is 1. The molecule has 0 fully saturated rings. The van der Waals surface area contributed by atoms with E-state index in [1.165, 1.54) is 0 Å². The smallest absolute Gasteiger partial charge is 0.433 e. The number of carbonyl (C=O) groups is 1. The van der Waals surface area contributed by atoms with Crippen molar-refractivity contribution in [3.05, 3.63) is 29.1 Å². The molecule has 9 heteroatoms. The van der Waals surface area contributed by atoms with Crippen LogP contribution in [0, 0.1) is 0 Å². The van der Waals surface area contributed by atoms with E-state index in [0.717, 1.165) is 0 Å². The lowest BCUT2D eigenvalue weighted by molar-refractivity contribution is -0.144. The molecule has 0 radical (unpaired) electrons. The van der Waals surface area contributed by atoms with Gasteiger partial charge < -0.3 is 5.11 Å². The second kappa shape index (κ2) is 3.90. The van der Waals surface area contributed by atoms with Crippen LogP contribution < -0.4 is 0 Å². The maximum atomic E-state index is 12.3. The third-order valence-corrected chi connectivity index (χ3v) is 1.69. The van der Waals surface area contributed by atoms with Gasteiger partial charge in [-0.25, -0.2) is 9.78 Å². The van der Waals surface area contributed by atoms with Gasteiger partial charge in [-0.1, -0.05) is 0 Å². The summed E-state index contributed by atoms with van der Waals surface area (Å²) in [6, 6.07) is 0.120. The minimum Gasteiger partial charge on any atom is -0.476 e. The third kappa shape index (κ3) is 2.86. The molecule has 1 rings (SSSR count). The highest BCUT2D eigenvalue weighted by atomic mass is 19.4. The van der Waals surface area contributed by atoms with Crippen molar-refractivity contribution in [3.8, 4) is 0 Å². The first-order valence-electron chi connectivity index (χ1n) is 3.92. The highest BCUT2D eigenvalue weighted by molar-refractivity contribution is 5.87. The molecule has 0 bridgehead atoms. The SMILES string of the molecule is O=C(O)c1nc(C(F)(F)F)ccc1C(F)(F)F. The molecule has 1 aromatic heterocycles. The monoisotopic (exact) mass is 259 g/mol. The second-order valence-electron chi connectivity index (χ2n) is 2.89. The van der Waals surface area contributed by atoms with Crippen molar-refractivity contribution in [2.45, 2.75) is 12.4 Å².